The van der Waals surface area contributed by atoms with E-state index in [-0.39, 0.29) is 18.1 Å². The topological polar surface area (TPSA) is 91.2 Å². The molecule has 9 heteroatoms. The summed E-state index contributed by atoms with van der Waals surface area (Å²) in [5.41, 5.74) is 3.04. The first-order chi connectivity index (χ1) is 16.6. The van der Waals surface area contributed by atoms with Crippen molar-refractivity contribution in [2.75, 3.05) is 13.2 Å². The lowest BCUT2D eigenvalue weighted by atomic mass is 10.1. The smallest absolute Gasteiger partial charge is 0.274 e. The van der Waals surface area contributed by atoms with E-state index in [0.29, 0.717) is 41.0 Å². The molecule has 2 aromatic carbocycles. The maximum Gasteiger partial charge on any atom is 0.274 e. The monoisotopic (exact) mass is 477 g/mol. The van der Waals surface area contributed by atoms with Gasteiger partial charge in [0.1, 0.15) is 5.69 Å². The molecule has 0 aliphatic heterocycles. The molecule has 174 valence electrons. The summed E-state index contributed by atoms with van der Waals surface area (Å²) in [4.78, 5) is 17.4. The molecule has 1 N–H and O–H groups in total. The van der Waals surface area contributed by atoms with Crippen LogP contribution in [0.4, 0.5) is 0 Å². The summed E-state index contributed by atoms with van der Waals surface area (Å²) in [6, 6.07) is 16.4. The van der Waals surface area contributed by atoms with Gasteiger partial charge in [0.15, 0.2) is 17.2 Å². The average Bonchev–Trinajstić information content (AvgIpc) is 3.30. The molecule has 0 bridgehead atoms. The molecule has 0 radical (unpaired) electrons. The molecule has 0 unspecified atom stereocenters. The van der Waals surface area contributed by atoms with E-state index in [4.69, 9.17) is 21.1 Å². The summed E-state index contributed by atoms with van der Waals surface area (Å²) in [6.45, 7) is 5.16. The molecule has 34 heavy (non-hydrogen) atoms. The zero-order chi connectivity index (χ0) is 23.9. The van der Waals surface area contributed by atoms with E-state index in [1.54, 1.807) is 35.3 Å². The quantitative estimate of drug-likeness (QED) is 0.375. The Labute approximate surface area is 202 Å². The Morgan fingerprint density at radius 3 is 2.50 bits per heavy atom. The zero-order valence-corrected chi connectivity index (χ0v) is 19.6. The lowest BCUT2D eigenvalue weighted by Gasteiger charge is -2.13. The van der Waals surface area contributed by atoms with E-state index in [1.165, 1.54) is 0 Å². The van der Waals surface area contributed by atoms with Crippen molar-refractivity contribution >= 4 is 17.5 Å². The van der Waals surface area contributed by atoms with Crippen LogP contribution in [-0.4, -0.2) is 39.1 Å². The molecule has 0 saturated heterocycles. The van der Waals surface area contributed by atoms with Crippen LogP contribution in [0, 0.1) is 0 Å². The Hall–Kier alpha value is -3.91. The number of benzene rings is 2. The molecule has 0 spiro atoms. The van der Waals surface area contributed by atoms with Gasteiger partial charge in [-0.1, -0.05) is 22.9 Å². The van der Waals surface area contributed by atoms with Crippen LogP contribution in [0.1, 0.15) is 29.9 Å². The van der Waals surface area contributed by atoms with Crippen molar-refractivity contribution in [3.05, 3.63) is 83.3 Å². The summed E-state index contributed by atoms with van der Waals surface area (Å²) in [5.74, 6) is 0.955. The van der Waals surface area contributed by atoms with E-state index < -0.39 is 0 Å². The van der Waals surface area contributed by atoms with Crippen molar-refractivity contribution in [2.45, 2.75) is 20.4 Å². The molecule has 0 aliphatic carbocycles. The van der Waals surface area contributed by atoms with Gasteiger partial charge in [-0.25, -0.2) is 4.68 Å². The third kappa shape index (κ3) is 5.18. The van der Waals surface area contributed by atoms with Gasteiger partial charge in [0, 0.05) is 29.5 Å². The molecule has 0 fully saturated rings. The Kier molecular flexibility index (Phi) is 7.39. The van der Waals surface area contributed by atoms with Crippen molar-refractivity contribution in [1.82, 2.24) is 25.3 Å². The number of hydrogen-bond acceptors (Lipinski definition) is 6. The fourth-order valence-electron chi connectivity index (χ4n) is 3.43. The largest absolute Gasteiger partial charge is 0.490 e. The SMILES string of the molecule is CCOc1ccc(CNC(=O)c2nnn(-c3ccc(Cl)cc3)c2-c2cccnc2)cc1OCC. The van der Waals surface area contributed by atoms with Crippen molar-refractivity contribution in [3.8, 4) is 28.4 Å². The fraction of sp³-hybridized carbons (Fsp3) is 0.200. The summed E-state index contributed by atoms with van der Waals surface area (Å²) >= 11 is 6.03. The predicted molar refractivity (Wildman–Crippen MR) is 130 cm³/mol. The first-order valence-electron chi connectivity index (χ1n) is 10.9. The minimum atomic E-state index is -0.356. The van der Waals surface area contributed by atoms with Crippen molar-refractivity contribution in [1.29, 1.82) is 0 Å². The number of ether oxygens (including phenoxy) is 2. The number of hydrogen-bond donors (Lipinski definition) is 1. The Balaban J connectivity index is 1.61. The van der Waals surface area contributed by atoms with E-state index >= 15 is 0 Å². The number of nitrogens with zero attached hydrogens (tertiary/aromatic N) is 4. The number of aromatic nitrogens is 4. The van der Waals surface area contributed by atoms with Crippen LogP contribution in [0.25, 0.3) is 16.9 Å². The predicted octanol–water partition coefficient (Wildman–Crippen LogP) is 4.71. The van der Waals surface area contributed by atoms with Crippen molar-refractivity contribution < 1.29 is 14.3 Å². The first-order valence-corrected chi connectivity index (χ1v) is 11.3. The van der Waals surface area contributed by atoms with Gasteiger partial charge in [-0.05, 0) is 67.9 Å². The Morgan fingerprint density at radius 1 is 1.03 bits per heavy atom. The molecule has 0 atom stereocenters. The van der Waals surface area contributed by atoms with Gasteiger partial charge in [0.2, 0.25) is 0 Å². The second-order valence-corrected chi connectivity index (χ2v) is 7.68. The molecule has 4 rings (SSSR count). The molecule has 0 aliphatic rings. The lowest BCUT2D eigenvalue weighted by molar-refractivity contribution is 0.0946. The molecule has 4 aromatic rings. The third-order valence-corrected chi connectivity index (χ3v) is 5.20. The highest BCUT2D eigenvalue weighted by Gasteiger charge is 2.22. The van der Waals surface area contributed by atoms with E-state index in [2.05, 4.69) is 20.6 Å². The van der Waals surface area contributed by atoms with Crippen LogP contribution >= 0.6 is 11.6 Å². The fourth-order valence-corrected chi connectivity index (χ4v) is 3.56. The van der Waals surface area contributed by atoms with Gasteiger partial charge < -0.3 is 14.8 Å². The zero-order valence-electron chi connectivity index (χ0n) is 18.9. The molecule has 2 aromatic heterocycles. The van der Waals surface area contributed by atoms with Crippen molar-refractivity contribution in [2.24, 2.45) is 0 Å². The summed E-state index contributed by atoms with van der Waals surface area (Å²) in [6.07, 6.45) is 3.34. The number of amides is 1. The second-order valence-electron chi connectivity index (χ2n) is 7.25. The van der Waals surface area contributed by atoms with Crippen LogP contribution < -0.4 is 14.8 Å². The standard InChI is InChI=1S/C25H24ClN5O3/c1-3-33-21-12-7-17(14-22(21)34-4-2)15-28-25(32)23-24(18-6-5-13-27-16-18)31(30-29-23)20-10-8-19(26)9-11-20/h5-14,16H,3-4,15H2,1-2H3,(H,28,32). The summed E-state index contributed by atoms with van der Waals surface area (Å²) in [5, 5.41) is 12.0. The van der Waals surface area contributed by atoms with E-state index in [1.807, 2.05) is 50.2 Å². The van der Waals surface area contributed by atoms with Crippen LogP contribution in [0.5, 0.6) is 11.5 Å². The Bertz CT molecular complexity index is 1260. The first kappa shape index (κ1) is 23.3. The highest BCUT2D eigenvalue weighted by molar-refractivity contribution is 6.30. The average molecular weight is 478 g/mol. The number of halogens is 1. The van der Waals surface area contributed by atoms with E-state index in [9.17, 15) is 4.79 Å². The summed E-state index contributed by atoms with van der Waals surface area (Å²) < 4.78 is 12.9. The number of pyridine rings is 1. The van der Waals surface area contributed by atoms with Crippen LogP contribution in [0.2, 0.25) is 5.02 Å². The highest BCUT2D eigenvalue weighted by atomic mass is 35.5. The molecule has 1 amide bonds. The maximum absolute atomic E-state index is 13.2. The van der Waals surface area contributed by atoms with Gasteiger partial charge in [-0.2, -0.15) is 0 Å². The van der Waals surface area contributed by atoms with Crippen molar-refractivity contribution in [3.63, 3.8) is 0 Å². The van der Waals surface area contributed by atoms with Crippen LogP contribution in [0.15, 0.2) is 67.0 Å². The van der Waals surface area contributed by atoms with Gasteiger partial charge >= 0.3 is 0 Å². The molecule has 2 heterocycles. The summed E-state index contributed by atoms with van der Waals surface area (Å²) in [7, 11) is 0. The minimum absolute atomic E-state index is 0.193. The normalized spacial score (nSPS) is 10.7. The van der Waals surface area contributed by atoms with Gasteiger partial charge in [-0.15, -0.1) is 5.10 Å². The Morgan fingerprint density at radius 2 is 1.79 bits per heavy atom. The van der Waals surface area contributed by atoms with Crippen LogP contribution in [0.3, 0.4) is 0 Å². The van der Waals surface area contributed by atoms with E-state index in [0.717, 1.165) is 11.3 Å². The minimum Gasteiger partial charge on any atom is -0.490 e. The number of nitrogens with one attached hydrogen (secondary N) is 1. The van der Waals surface area contributed by atoms with Gasteiger partial charge in [0.25, 0.3) is 5.91 Å². The number of carbonyl (C=O) groups excluding carboxylic acids is 1. The third-order valence-electron chi connectivity index (χ3n) is 4.95. The number of rotatable bonds is 9. The highest BCUT2D eigenvalue weighted by Crippen LogP contribution is 2.29. The maximum atomic E-state index is 13.2. The van der Waals surface area contributed by atoms with Gasteiger partial charge in [0.05, 0.1) is 18.9 Å². The van der Waals surface area contributed by atoms with Crippen LogP contribution in [-0.2, 0) is 6.54 Å². The van der Waals surface area contributed by atoms with Gasteiger partial charge in [-0.3, -0.25) is 9.78 Å². The molecular formula is C25H24ClN5O3. The lowest BCUT2D eigenvalue weighted by Crippen LogP contribution is -2.24. The molecular weight excluding hydrogens is 454 g/mol. The molecule has 0 saturated carbocycles. The number of carbonyl (C=O) groups is 1. The molecule has 8 nitrogen and oxygen atoms in total. The second kappa shape index (κ2) is 10.8.